The largest absolute Gasteiger partial charge is 0.392 e. The minimum atomic E-state index is -0.131. The topological polar surface area (TPSA) is 71.0 Å². The number of hydrogen-bond acceptors (Lipinski definition) is 6. The molecule has 0 radical (unpaired) electrons. The standard InChI is InChI=1S/C22H44N4O2/c27-21-9-3-1-7-19(21)23-11-5-13-25-15-17-26(18-16-25)14-6-12-24-20-8-2-4-10-22(20)28/h19-24,27-28H,1-18H2. The molecule has 0 spiro atoms. The second kappa shape index (κ2) is 12.5. The lowest BCUT2D eigenvalue weighted by atomic mass is 9.92. The summed E-state index contributed by atoms with van der Waals surface area (Å²) in [4.78, 5) is 5.18. The van der Waals surface area contributed by atoms with Crippen molar-refractivity contribution in [3.8, 4) is 0 Å². The smallest absolute Gasteiger partial charge is 0.0693 e. The highest BCUT2D eigenvalue weighted by molar-refractivity contribution is 4.81. The number of nitrogens with zero attached hydrogens (tertiary/aromatic N) is 2. The Morgan fingerprint density at radius 3 is 1.39 bits per heavy atom. The molecule has 0 amide bonds. The maximum Gasteiger partial charge on any atom is 0.0693 e. The number of aliphatic hydroxyl groups excluding tert-OH is 2. The SMILES string of the molecule is OC1CCCCC1NCCCN1CCN(CCCNC2CCCCC2O)CC1. The van der Waals surface area contributed by atoms with Gasteiger partial charge in [0.2, 0.25) is 0 Å². The van der Waals surface area contributed by atoms with E-state index in [0.717, 1.165) is 38.8 Å². The zero-order chi connectivity index (χ0) is 19.6. The van der Waals surface area contributed by atoms with Crippen LogP contribution in [0.1, 0.15) is 64.2 Å². The van der Waals surface area contributed by atoms with Gasteiger partial charge in [-0.1, -0.05) is 25.7 Å². The molecule has 3 rings (SSSR count). The van der Waals surface area contributed by atoms with Crippen molar-refractivity contribution in [3.05, 3.63) is 0 Å². The third kappa shape index (κ3) is 7.54. The minimum Gasteiger partial charge on any atom is -0.392 e. The lowest BCUT2D eigenvalue weighted by Gasteiger charge is -2.35. The maximum atomic E-state index is 10.0. The number of rotatable bonds is 10. The van der Waals surface area contributed by atoms with Crippen LogP contribution >= 0.6 is 0 Å². The number of piperazine rings is 1. The molecule has 1 saturated heterocycles. The molecule has 0 aromatic carbocycles. The summed E-state index contributed by atoms with van der Waals surface area (Å²) in [6.07, 6.45) is 11.2. The molecule has 3 fully saturated rings. The van der Waals surface area contributed by atoms with Gasteiger partial charge in [0.25, 0.3) is 0 Å². The van der Waals surface area contributed by atoms with E-state index in [9.17, 15) is 10.2 Å². The average molecular weight is 397 g/mol. The van der Waals surface area contributed by atoms with Crippen LogP contribution in [0.15, 0.2) is 0 Å². The van der Waals surface area contributed by atoms with Gasteiger partial charge in [-0.2, -0.15) is 0 Å². The Balaban J connectivity index is 1.17. The number of hydrogen-bond donors (Lipinski definition) is 4. The van der Waals surface area contributed by atoms with Crippen LogP contribution in [0.3, 0.4) is 0 Å². The van der Waals surface area contributed by atoms with Gasteiger partial charge in [0.05, 0.1) is 12.2 Å². The molecule has 0 aromatic rings. The Kier molecular flexibility index (Phi) is 9.98. The first-order chi connectivity index (χ1) is 13.7. The quantitative estimate of drug-likeness (QED) is 0.416. The lowest BCUT2D eigenvalue weighted by molar-refractivity contribution is 0.0876. The monoisotopic (exact) mass is 396 g/mol. The summed E-state index contributed by atoms with van der Waals surface area (Å²) in [6.45, 7) is 9.13. The van der Waals surface area contributed by atoms with Crippen LogP contribution in [0.4, 0.5) is 0 Å². The molecule has 6 heteroatoms. The first-order valence-electron chi connectivity index (χ1n) is 12.0. The van der Waals surface area contributed by atoms with E-state index in [1.54, 1.807) is 0 Å². The van der Waals surface area contributed by atoms with Crippen molar-refractivity contribution >= 4 is 0 Å². The van der Waals surface area contributed by atoms with E-state index in [4.69, 9.17) is 0 Å². The Labute approximate surface area is 172 Å². The molecule has 28 heavy (non-hydrogen) atoms. The van der Waals surface area contributed by atoms with Crippen molar-refractivity contribution in [1.29, 1.82) is 0 Å². The second-order valence-corrected chi connectivity index (χ2v) is 9.22. The zero-order valence-electron chi connectivity index (χ0n) is 17.8. The van der Waals surface area contributed by atoms with Crippen LogP contribution < -0.4 is 10.6 Å². The zero-order valence-corrected chi connectivity index (χ0v) is 17.8. The molecular weight excluding hydrogens is 352 g/mol. The van der Waals surface area contributed by atoms with Crippen LogP contribution in [0, 0.1) is 0 Å². The molecule has 1 aliphatic heterocycles. The molecule has 4 N–H and O–H groups in total. The van der Waals surface area contributed by atoms with Crippen molar-refractivity contribution < 1.29 is 10.2 Å². The average Bonchev–Trinajstić information content (AvgIpc) is 2.72. The Bertz CT molecular complexity index is 379. The van der Waals surface area contributed by atoms with E-state index in [1.165, 1.54) is 77.8 Å². The van der Waals surface area contributed by atoms with E-state index in [1.807, 2.05) is 0 Å². The van der Waals surface area contributed by atoms with Gasteiger partial charge in [-0.25, -0.2) is 0 Å². The predicted octanol–water partition coefficient (Wildman–Crippen LogP) is 1.17. The van der Waals surface area contributed by atoms with E-state index in [2.05, 4.69) is 20.4 Å². The van der Waals surface area contributed by atoms with Crippen molar-refractivity contribution in [2.24, 2.45) is 0 Å². The van der Waals surface area contributed by atoms with Gasteiger partial charge < -0.3 is 30.6 Å². The summed E-state index contributed by atoms with van der Waals surface area (Å²) in [5.41, 5.74) is 0. The fourth-order valence-corrected chi connectivity index (χ4v) is 5.12. The molecule has 2 aliphatic carbocycles. The highest BCUT2D eigenvalue weighted by Gasteiger charge is 2.23. The van der Waals surface area contributed by atoms with Crippen LogP contribution in [-0.4, -0.2) is 96.7 Å². The van der Waals surface area contributed by atoms with Gasteiger partial charge in [-0.15, -0.1) is 0 Å². The van der Waals surface area contributed by atoms with E-state index < -0.39 is 0 Å². The Morgan fingerprint density at radius 2 is 1.00 bits per heavy atom. The second-order valence-electron chi connectivity index (χ2n) is 9.22. The fourth-order valence-electron chi connectivity index (χ4n) is 5.12. The van der Waals surface area contributed by atoms with Crippen LogP contribution in [0.5, 0.6) is 0 Å². The number of aliphatic hydroxyl groups is 2. The van der Waals surface area contributed by atoms with Gasteiger partial charge >= 0.3 is 0 Å². The summed E-state index contributed by atoms with van der Waals surface area (Å²) in [6, 6.07) is 0.655. The molecule has 164 valence electrons. The van der Waals surface area contributed by atoms with Crippen LogP contribution in [0.25, 0.3) is 0 Å². The fraction of sp³-hybridized carbons (Fsp3) is 1.00. The first kappa shape index (κ1) is 22.4. The van der Waals surface area contributed by atoms with E-state index >= 15 is 0 Å². The van der Waals surface area contributed by atoms with Crippen molar-refractivity contribution in [3.63, 3.8) is 0 Å². The third-order valence-electron chi connectivity index (χ3n) is 7.04. The molecule has 6 nitrogen and oxygen atoms in total. The maximum absolute atomic E-state index is 10.0. The van der Waals surface area contributed by atoms with Gasteiger partial charge in [-0.05, 0) is 64.7 Å². The van der Waals surface area contributed by atoms with Gasteiger partial charge in [-0.3, -0.25) is 0 Å². The van der Waals surface area contributed by atoms with Gasteiger partial charge in [0, 0.05) is 38.3 Å². The highest BCUT2D eigenvalue weighted by Crippen LogP contribution is 2.19. The molecule has 3 aliphatic rings. The molecular formula is C22H44N4O2. The normalized spacial score (nSPS) is 33.2. The molecule has 0 bridgehead atoms. The predicted molar refractivity (Wildman–Crippen MR) is 115 cm³/mol. The van der Waals surface area contributed by atoms with Crippen LogP contribution in [0.2, 0.25) is 0 Å². The van der Waals surface area contributed by atoms with Crippen LogP contribution in [-0.2, 0) is 0 Å². The summed E-state index contributed by atoms with van der Waals surface area (Å²) in [7, 11) is 0. The van der Waals surface area contributed by atoms with Crippen molar-refractivity contribution in [2.75, 3.05) is 52.4 Å². The third-order valence-corrected chi connectivity index (χ3v) is 7.04. The lowest BCUT2D eigenvalue weighted by Crippen LogP contribution is -2.48. The van der Waals surface area contributed by atoms with E-state index in [-0.39, 0.29) is 12.2 Å². The highest BCUT2D eigenvalue weighted by atomic mass is 16.3. The first-order valence-corrected chi connectivity index (χ1v) is 12.0. The van der Waals surface area contributed by atoms with Gasteiger partial charge in [0.15, 0.2) is 0 Å². The minimum absolute atomic E-state index is 0.131. The molecule has 2 saturated carbocycles. The molecule has 1 heterocycles. The summed E-state index contributed by atoms with van der Waals surface area (Å²) >= 11 is 0. The van der Waals surface area contributed by atoms with E-state index in [0.29, 0.717) is 12.1 Å². The number of nitrogens with one attached hydrogen (secondary N) is 2. The van der Waals surface area contributed by atoms with Gasteiger partial charge in [0.1, 0.15) is 0 Å². The summed E-state index contributed by atoms with van der Waals surface area (Å²) in [5, 5.41) is 27.2. The van der Waals surface area contributed by atoms with Crippen molar-refractivity contribution in [2.45, 2.75) is 88.5 Å². The molecule has 0 aromatic heterocycles. The molecule has 4 atom stereocenters. The Morgan fingerprint density at radius 1 is 0.607 bits per heavy atom. The Hall–Kier alpha value is -0.240. The summed E-state index contributed by atoms with van der Waals surface area (Å²) in [5.74, 6) is 0. The van der Waals surface area contributed by atoms with Crippen molar-refractivity contribution in [1.82, 2.24) is 20.4 Å². The summed E-state index contributed by atoms with van der Waals surface area (Å²) < 4.78 is 0. The molecule has 4 unspecified atom stereocenters.